The molecular weight excluding hydrogens is 246 g/mol. The molecule has 0 fully saturated rings. The molecule has 2 N–H and O–H groups in total. The first-order valence-corrected chi connectivity index (χ1v) is 6.53. The normalized spacial score (nSPS) is 10.4. The van der Waals surface area contributed by atoms with Gasteiger partial charge in [0.2, 0.25) is 0 Å². The third-order valence-electron chi connectivity index (χ3n) is 3.23. The molecule has 0 atom stereocenters. The minimum atomic E-state index is 0.574. The second kappa shape index (κ2) is 5.63. The quantitative estimate of drug-likeness (QED) is 0.787. The summed E-state index contributed by atoms with van der Waals surface area (Å²) in [6, 6.07) is 18.4. The van der Waals surface area contributed by atoms with Crippen molar-refractivity contribution in [2.24, 2.45) is 5.73 Å². The van der Waals surface area contributed by atoms with Gasteiger partial charge in [-0.15, -0.1) is 0 Å². The fraction of sp³-hybridized carbons (Fsp3) is 0.0588. The predicted octanol–water partition coefficient (Wildman–Crippen LogP) is 3.27. The number of rotatable bonds is 3. The molecule has 0 aliphatic carbocycles. The van der Waals surface area contributed by atoms with E-state index in [1.165, 1.54) is 11.1 Å². The summed E-state index contributed by atoms with van der Waals surface area (Å²) in [6.45, 7) is 0.574. The molecule has 0 bridgehead atoms. The molecule has 0 radical (unpaired) electrons. The van der Waals surface area contributed by atoms with Gasteiger partial charge in [0.25, 0.3) is 0 Å². The lowest BCUT2D eigenvalue weighted by Crippen LogP contribution is -1.95. The van der Waals surface area contributed by atoms with Crippen LogP contribution < -0.4 is 5.73 Å². The molecule has 3 aromatic rings. The molecule has 0 unspecified atom stereocenters. The van der Waals surface area contributed by atoms with Crippen LogP contribution in [0, 0.1) is 0 Å². The van der Waals surface area contributed by atoms with E-state index in [0.29, 0.717) is 6.54 Å². The predicted molar refractivity (Wildman–Crippen MR) is 80.8 cm³/mol. The van der Waals surface area contributed by atoms with E-state index in [1.54, 1.807) is 12.4 Å². The topological polar surface area (TPSA) is 51.8 Å². The maximum absolute atomic E-state index is 5.61. The zero-order valence-electron chi connectivity index (χ0n) is 11.0. The zero-order chi connectivity index (χ0) is 13.8. The van der Waals surface area contributed by atoms with Crippen molar-refractivity contribution >= 4 is 0 Å². The molecule has 1 aromatic heterocycles. The summed E-state index contributed by atoms with van der Waals surface area (Å²) in [5, 5.41) is 0. The number of hydrogen-bond donors (Lipinski definition) is 1. The number of aromatic nitrogens is 2. The Balaban J connectivity index is 1.89. The van der Waals surface area contributed by atoms with Crippen molar-refractivity contribution in [3.63, 3.8) is 0 Å². The summed E-state index contributed by atoms with van der Waals surface area (Å²) in [5.41, 5.74) is 10.1. The van der Waals surface area contributed by atoms with Gasteiger partial charge in [-0.25, -0.2) is 9.97 Å². The van der Waals surface area contributed by atoms with E-state index in [0.717, 1.165) is 17.0 Å². The highest BCUT2D eigenvalue weighted by Crippen LogP contribution is 2.23. The van der Waals surface area contributed by atoms with Gasteiger partial charge in [0.05, 0.1) is 0 Å². The largest absolute Gasteiger partial charge is 0.326 e. The van der Waals surface area contributed by atoms with Gasteiger partial charge in [0.15, 0.2) is 5.82 Å². The summed E-state index contributed by atoms with van der Waals surface area (Å²) in [4.78, 5) is 8.50. The van der Waals surface area contributed by atoms with Crippen LogP contribution in [0.25, 0.3) is 22.5 Å². The van der Waals surface area contributed by atoms with Crippen molar-refractivity contribution in [1.82, 2.24) is 9.97 Å². The maximum Gasteiger partial charge on any atom is 0.159 e. The van der Waals surface area contributed by atoms with E-state index >= 15 is 0 Å². The minimum absolute atomic E-state index is 0.574. The summed E-state index contributed by atoms with van der Waals surface area (Å²) in [5.74, 6) is 0.748. The summed E-state index contributed by atoms with van der Waals surface area (Å²) in [6.07, 6.45) is 3.50. The average molecular weight is 261 g/mol. The van der Waals surface area contributed by atoms with Crippen LogP contribution in [-0.2, 0) is 6.54 Å². The van der Waals surface area contributed by atoms with E-state index in [-0.39, 0.29) is 0 Å². The van der Waals surface area contributed by atoms with Gasteiger partial charge in [-0.1, -0.05) is 48.5 Å². The van der Waals surface area contributed by atoms with Crippen LogP contribution in [0.4, 0.5) is 0 Å². The number of nitrogens with two attached hydrogens (primary N) is 1. The van der Waals surface area contributed by atoms with E-state index in [4.69, 9.17) is 5.73 Å². The molecule has 3 rings (SSSR count). The van der Waals surface area contributed by atoms with Crippen LogP contribution in [0.5, 0.6) is 0 Å². The van der Waals surface area contributed by atoms with Gasteiger partial charge in [0, 0.05) is 24.5 Å². The monoisotopic (exact) mass is 261 g/mol. The molecule has 1 heterocycles. The van der Waals surface area contributed by atoms with Crippen molar-refractivity contribution in [2.75, 3.05) is 0 Å². The van der Waals surface area contributed by atoms with Gasteiger partial charge < -0.3 is 5.73 Å². The van der Waals surface area contributed by atoms with E-state index in [2.05, 4.69) is 46.4 Å². The standard InChI is InChI=1S/C17H15N3/c18-12-13-2-4-14(5-3-13)15-6-8-16(9-7-15)17-19-10-1-11-20-17/h1-11H,12,18H2. The lowest BCUT2D eigenvalue weighted by Gasteiger charge is -2.05. The lowest BCUT2D eigenvalue weighted by atomic mass is 10.0. The fourth-order valence-electron chi connectivity index (χ4n) is 2.09. The molecule has 0 aliphatic rings. The van der Waals surface area contributed by atoms with Crippen LogP contribution in [0.3, 0.4) is 0 Å². The lowest BCUT2D eigenvalue weighted by molar-refractivity contribution is 1.07. The second-order valence-corrected chi connectivity index (χ2v) is 4.55. The van der Waals surface area contributed by atoms with Crippen molar-refractivity contribution in [3.8, 4) is 22.5 Å². The van der Waals surface area contributed by atoms with Crippen molar-refractivity contribution in [2.45, 2.75) is 6.54 Å². The highest BCUT2D eigenvalue weighted by molar-refractivity contribution is 5.67. The number of hydrogen-bond acceptors (Lipinski definition) is 3. The Morgan fingerprint density at radius 3 is 1.75 bits per heavy atom. The van der Waals surface area contributed by atoms with Gasteiger partial charge >= 0.3 is 0 Å². The molecule has 2 aromatic carbocycles. The average Bonchev–Trinajstić information content (AvgIpc) is 2.56. The second-order valence-electron chi connectivity index (χ2n) is 4.55. The zero-order valence-corrected chi connectivity index (χ0v) is 11.0. The molecule has 20 heavy (non-hydrogen) atoms. The summed E-state index contributed by atoms with van der Waals surface area (Å²) in [7, 11) is 0. The molecule has 0 amide bonds. The van der Waals surface area contributed by atoms with Gasteiger partial charge in [-0.2, -0.15) is 0 Å². The highest BCUT2D eigenvalue weighted by atomic mass is 14.8. The first-order chi connectivity index (χ1) is 9.86. The molecule has 98 valence electrons. The van der Waals surface area contributed by atoms with Crippen molar-refractivity contribution < 1.29 is 0 Å². The smallest absolute Gasteiger partial charge is 0.159 e. The van der Waals surface area contributed by atoms with Crippen LogP contribution >= 0.6 is 0 Å². The van der Waals surface area contributed by atoms with Crippen LogP contribution in [0.1, 0.15) is 5.56 Å². The number of benzene rings is 2. The summed E-state index contributed by atoms with van der Waals surface area (Å²) >= 11 is 0. The van der Waals surface area contributed by atoms with Gasteiger partial charge in [0.1, 0.15) is 0 Å². The minimum Gasteiger partial charge on any atom is -0.326 e. The molecule has 0 saturated carbocycles. The Bertz CT molecular complexity index is 674. The maximum atomic E-state index is 5.61. The van der Waals surface area contributed by atoms with Crippen LogP contribution in [-0.4, -0.2) is 9.97 Å². The van der Waals surface area contributed by atoms with E-state index in [9.17, 15) is 0 Å². The third kappa shape index (κ3) is 2.58. The van der Waals surface area contributed by atoms with Crippen LogP contribution in [0.15, 0.2) is 67.0 Å². The molecule has 0 aliphatic heterocycles. The van der Waals surface area contributed by atoms with E-state index < -0.39 is 0 Å². The molecule has 3 nitrogen and oxygen atoms in total. The van der Waals surface area contributed by atoms with Crippen LogP contribution in [0.2, 0.25) is 0 Å². The molecular formula is C17H15N3. The van der Waals surface area contributed by atoms with E-state index in [1.807, 2.05) is 18.2 Å². The third-order valence-corrected chi connectivity index (χ3v) is 3.23. The Morgan fingerprint density at radius 1 is 0.700 bits per heavy atom. The molecule has 0 spiro atoms. The first kappa shape index (κ1) is 12.5. The Kier molecular flexibility index (Phi) is 3.52. The molecule has 3 heteroatoms. The summed E-state index contributed by atoms with van der Waals surface area (Å²) < 4.78 is 0. The first-order valence-electron chi connectivity index (χ1n) is 6.53. The SMILES string of the molecule is NCc1ccc(-c2ccc(-c3ncccn3)cc2)cc1. The van der Waals surface area contributed by atoms with Gasteiger partial charge in [-0.3, -0.25) is 0 Å². The Hall–Kier alpha value is -2.52. The molecule has 0 saturated heterocycles. The fourth-order valence-corrected chi connectivity index (χ4v) is 2.09. The number of nitrogens with zero attached hydrogens (tertiary/aromatic N) is 2. The van der Waals surface area contributed by atoms with Gasteiger partial charge in [-0.05, 0) is 22.8 Å². The Labute approximate surface area is 118 Å². The van der Waals surface area contributed by atoms with Crippen molar-refractivity contribution in [1.29, 1.82) is 0 Å². The highest BCUT2D eigenvalue weighted by Gasteiger charge is 2.01. The Morgan fingerprint density at radius 2 is 1.20 bits per heavy atom. The van der Waals surface area contributed by atoms with Crippen molar-refractivity contribution in [3.05, 3.63) is 72.6 Å².